The fourth-order valence-corrected chi connectivity index (χ4v) is 6.49. The minimum absolute atomic E-state index is 0.204. The van der Waals surface area contributed by atoms with E-state index in [1.54, 1.807) is 25.3 Å². The van der Waals surface area contributed by atoms with Gasteiger partial charge in [0.25, 0.3) is 5.91 Å². The average Bonchev–Trinajstić information content (AvgIpc) is 3.56. The molecular weight excluding hydrogens is 729 g/mol. The van der Waals surface area contributed by atoms with E-state index in [9.17, 15) is 14.4 Å². The maximum Gasteiger partial charge on any atom is 0.407 e. The SMILES string of the molecule is COC(=O)c1nn2c(-c3c(C)cc(C(=O)NCCOCCOCCOCCNC(=O)OC(C)(C)C)cc3C)cccc2c1CCCOc1cccc2ccccc12. The van der Waals surface area contributed by atoms with E-state index >= 15 is 0 Å². The highest BCUT2D eigenvalue weighted by Gasteiger charge is 2.23. The lowest BCUT2D eigenvalue weighted by atomic mass is 9.96. The number of alkyl carbamates (subject to hydrolysis) is 1. The molecule has 0 spiro atoms. The molecule has 304 valence electrons. The van der Waals surface area contributed by atoms with Gasteiger partial charge in [-0.05, 0) is 94.3 Å². The van der Waals surface area contributed by atoms with Gasteiger partial charge in [0, 0.05) is 35.2 Å². The normalized spacial score (nSPS) is 11.5. The smallest absolute Gasteiger partial charge is 0.407 e. The zero-order valence-corrected chi connectivity index (χ0v) is 33.8. The summed E-state index contributed by atoms with van der Waals surface area (Å²) in [5.74, 6) is 0.119. The first-order valence-electron chi connectivity index (χ1n) is 19.3. The molecule has 0 fully saturated rings. The molecule has 57 heavy (non-hydrogen) atoms. The van der Waals surface area contributed by atoms with Crippen LogP contribution in [0.1, 0.15) is 64.7 Å². The first-order valence-corrected chi connectivity index (χ1v) is 19.3. The molecule has 5 rings (SSSR count). The van der Waals surface area contributed by atoms with Gasteiger partial charge in [0.15, 0.2) is 5.69 Å². The number of aromatic nitrogens is 2. The third-order valence-corrected chi connectivity index (χ3v) is 8.96. The minimum Gasteiger partial charge on any atom is -0.493 e. The predicted octanol–water partition coefficient (Wildman–Crippen LogP) is 6.87. The molecule has 13 nitrogen and oxygen atoms in total. The Balaban J connectivity index is 1.10. The fraction of sp³-hybridized carbons (Fsp3) is 0.409. The molecule has 2 aromatic heterocycles. The summed E-state index contributed by atoms with van der Waals surface area (Å²) in [6, 6.07) is 23.7. The first kappa shape index (κ1) is 42.6. The first-order chi connectivity index (χ1) is 27.5. The van der Waals surface area contributed by atoms with Crippen LogP contribution in [0.25, 0.3) is 27.5 Å². The van der Waals surface area contributed by atoms with Crippen LogP contribution in [0.5, 0.6) is 5.75 Å². The summed E-state index contributed by atoms with van der Waals surface area (Å²) in [6.07, 6.45) is 0.744. The minimum atomic E-state index is -0.540. The predicted molar refractivity (Wildman–Crippen MR) is 218 cm³/mol. The standard InChI is InChI=1S/C44H54N4O9/c1-30-28-33(41(49)45-19-22-53-24-26-55-27-25-54-23-20-46-43(51)57-44(3,4)5)29-31(2)39(30)37-17-10-16-36-35(40(42(50)52-6)47-48(36)37)15-11-21-56-38-18-9-13-32-12-7-8-14-34(32)38/h7-10,12-14,16-18,28-29H,11,15,19-27H2,1-6H3,(H,45,49)(H,46,51). The summed E-state index contributed by atoms with van der Waals surface area (Å²) in [4.78, 5) is 37.7. The van der Waals surface area contributed by atoms with Crippen molar-refractivity contribution in [2.24, 2.45) is 0 Å². The Bertz CT molecular complexity index is 2110. The van der Waals surface area contributed by atoms with E-state index in [4.69, 9.17) is 33.5 Å². The van der Waals surface area contributed by atoms with Crippen LogP contribution in [0.15, 0.2) is 72.8 Å². The summed E-state index contributed by atoms with van der Waals surface area (Å²) in [5.41, 5.74) is 5.38. The van der Waals surface area contributed by atoms with Crippen molar-refractivity contribution in [3.63, 3.8) is 0 Å². The molecule has 0 bridgehead atoms. The number of aryl methyl sites for hydroxylation is 3. The summed E-state index contributed by atoms with van der Waals surface area (Å²) < 4.78 is 34.9. The molecule has 5 aromatic rings. The molecule has 0 saturated carbocycles. The number of amides is 2. The van der Waals surface area contributed by atoms with Gasteiger partial charge in [-0.2, -0.15) is 5.10 Å². The maximum atomic E-state index is 13.1. The Morgan fingerprint density at radius 2 is 1.39 bits per heavy atom. The van der Waals surface area contributed by atoms with Crippen molar-refractivity contribution in [2.45, 2.75) is 53.1 Å². The molecule has 0 unspecified atom stereocenters. The van der Waals surface area contributed by atoms with E-state index in [0.717, 1.165) is 50.0 Å². The van der Waals surface area contributed by atoms with E-state index in [-0.39, 0.29) is 11.6 Å². The summed E-state index contributed by atoms with van der Waals surface area (Å²) in [5, 5.41) is 12.5. The second-order valence-corrected chi connectivity index (χ2v) is 14.5. The molecule has 0 aliphatic heterocycles. The summed E-state index contributed by atoms with van der Waals surface area (Å²) in [6.45, 7) is 12.7. The van der Waals surface area contributed by atoms with E-state index in [1.165, 1.54) is 7.11 Å². The van der Waals surface area contributed by atoms with E-state index in [2.05, 4.69) is 22.8 Å². The van der Waals surface area contributed by atoms with Gasteiger partial charge in [0.1, 0.15) is 11.4 Å². The maximum absolute atomic E-state index is 13.1. The van der Waals surface area contributed by atoms with E-state index in [0.29, 0.717) is 77.7 Å². The van der Waals surface area contributed by atoms with Crippen molar-refractivity contribution in [1.82, 2.24) is 20.2 Å². The highest BCUT2D eigenvalue weighted by molar-refractivity contribution is 5.96. The summed E-state index contributed by atoms with van der Waals surface area (Å²) in [7, 11) is 1.36. The van der Waals surface area contributed by atoms with E-state index < -0.39 is 17.7 Å². The van der Waals surface area contributed by atoms with Crippen LogP contribution in [0.4, 0.5) is 4.79 Å². The van der Waals surface area contributed by atoms with Crippen LogP contribution in [0, 0.1) is 13.8 Å². The highest BCUT2D eigenvalue weighted by Crippen LogP contribution is 2.32. The van der Waals surface area contributed by atoms with Crippen LogP contribution in [-0.4, -0.2) is 99.6 Å². The molecule has 0 radical (unpaired) electrons. The quantitative estimate of drug-likeness (QED) is 0.0633. The van der Waals surface area contributed by atoms with E-state index in [1.807, 2.05) is 74.5 Å². The average molecular weight is 783 g/mol. The summed E-state index contributed by atoms with van der Waals surface area (Å²) >= 11 is 0. The number of nitrogens with one attached hydrogen (secondary N) is 2. The number of fused-ring (bicyclic) bond motifs is 2. The number of pyridine rings is 1. The number of methoxy groups -OCH3 is 1. The number of carbonyl (C=O) groups is 3. The molecule has 2 N–H and O–H groups in total. The third kappa shape index (κ3) is 12.0. The molecule has 2 amide bonds. The van der Waals surface area contributed by atoms with Crippen LogP contribution in [-0.2, 0) is 30.1 Å². The van der Waals surface area contributed by atoms with Gasteiger partial charge in [0.05, 0.1) is 64.6 Å². The Morgan fingerprint density at radius 3 is 2.07 bits per heavy atom. The third-order valence-electron chi connectivity index (χ3n) is 8.96. The Labute approximate surface area is 333 Å². The van der Waals surface area contributed by atoms with Gasteiger partial charge < -0.3 is 39.1 Å². The van der Waals surface area contributed by atoms with Gasteiger partial charge in [-0.25, -0.2) is 14.1 Å². The lowest BCUT2D eigenvalue weighted by molar-refractivity contribution is 0.0145. The number of benzene rings is 3. The lowest BCUT2D eigenvalue weighted by Crippen LogP contribution is -2.34. The number of hydrogen-bond donors (Lipinski definition) is 2. The molecule has 2 heterocycles. The molecule has 0 atom stereocenters. The number of rotatable bonds is 20. The molecular formula is C44H54N4O9. The molecule has 0 aliphatic carbocycles. The second-order valence-electron chi connectivity index (χ2n) is 14.5. The van der Waals surface area contributed by atoms with Gasteiger partial charge in [-0.1, -0.05) is 42.5 Å². The lowest BCUT2D eigenvalue weighted by Gasteiger charge is -2.19. The second kappa shape index (κ2) is 20.6. The van der Waals surface area contributed by atoms with Gasteiger partial charge in [0.2, 0.25) is 0 Å². The van der Waals surface area contributed by atoms with Gasteiger partial charge in [-0.3, -0.25) is 4.79 Å². The zero-order chi connectivity index (χ0) is 40.8. The monoisotopic (exact) mass is 782 g/mol. The van der Waals surface area contributed by atoms with Crippen molar-refractivity contribution in [3.8, 4) is 17.0 Å². The zero-order valence-electron chi connectivity index (χ0n) is 33.8. The molecule has 13 heteroatoms. The van der Waals surface area contributed by atoms with Crippen molar-refractivity contribution >= 4 is 34.3 Å². The van der Waals surface area contributed by atoms with Crippen LogP contribution in [0.3, 0.4) is 0 Å². The number of nitrogens with zero attached hydrogens (tertiary/aromatic N) is 2. The topological polar surface area (TPSA) is 148 Å². The number of hydrogen-bond acceptors (Lipinski definition) is 10. The Morgan fingerprint density at radius 1 is 0.754 bits per heavy atom. The number of esters is 1. The van der Waals surface area contributed by atoms with Crippen molar-refractivity contribution in [3.05, 3.63) is 101 Å². The largest absolute Gasteiger partial charge is 0.493 e. The van der Waals surface area contributed by atoms with Gasteiger partial charge >= 0.3 is 12.1 Å². The highest BCUT2D eigenvalue weighted by atomic mass is 16.6. The number of ether oxygens (including phenoxy) is 6. The van der Waals surface area contributed by atoms with Crippen molar-refractivity contribution in [1.29, 1.82) is 0 Å². The Kier molecular flexibility index (Phi) is 15.4. The Hall–Kier alpha value is -5.50. The number of carbonyl (C=O) groups excluding carboxylic acids is 3. The van der Waals surface area contributed by atoms with Crippen LogP contribution in [0.2, 0.25) is 0 Å². The molecule has 0 saturated heterocycles. The van der Waals surface area contributed by atoms with Gasteiger partial charge in [-0.15, -0.1) is 0 Å². The van der Waals surface area contributed by atoms with Crippen LogP contribution >= 0.6 is 0 Å². The molecule has 0 aliphatic rings. The van der Waals surface area contributed by atoms with Crippen molar-refractivity contribution in [2.75, 3.05) is 66.4 Å². The van der Waals surface area contributed by atoms with Crippen LogP contribution < -0.4 is 15.4 Å². The fourth-order valence-electron chi connectivity index (χ4n) is 6.49. The molecule has 3 aromatic carbocycles. The van der Waals surface area contributed by atoms with Crippen molar-refractivity contribution < 1.29 is 42.8 Å².